The van der Waals surface area contributed by atoms with Gasteiger partial charge in [-0.3, -0.25) is 0 Å². The Hall–Kier alpha value is -3.49. The van der Waals surface area contributed by atoms with Crippen LogP contribution in [-0.2, 0) is 10.0 Å². The van der Waals surface area contributed by atoms with Gasteiger partial charge in [0.15, 0.2) is 0 Å². The highest BCUT2D eigenvalue weighted by molar-refractivity contribution is 7.89. The lowest BCUT2D eigenvalue weighted by Crippen LogP contribution is -2.32. The Bertz CT molecular complexity index is 1340. The van der Waals surface area contributed by atoms with E-state index in [-0.39, 0.29) is 18.0 Å². The van der Waals surface area contributed by atoms with Gasteiger partial charge in [-0.25, -0.2) is 8.42 Å². The predicted molar refractivity (Wildman–Crippen MR) is 122 cm³/mol. The molecule has 0 amide bonds. The van der Waals surface area contributed by atoms with Gasteiger partial charge in [0, 0.05) is 11.1 Å². The zero-order valence-corrected chi connectivity index (χ0v) is 17.8. The van der Waals surface area contributed by atoms with E-state index in [0.29, 0.717) is 0 Å². The molecule has 3 aromatic rings. The third-order valence-corrected chi connectivity index (χ3v) is 6.42. The molecule has 3 rings (SSSR count). The molecule has 148 valence electrons. The van der Waals surface area contributed by atoms with Gasteiger partial charge in [-0.15, -0.1) is 12.3 Å². The standard InChI is InChI=1S/C26H21NO2S/c1-4-6-18-27(30(28,29)25-16-12-21(3)13-17-25)19-8-11-23-9-7-10-24-15-14-22(5-2)20-26(23)24/h2,7,9-10,12-17,20H,18-19H2,1,3H3. The van der Waals surface area contributed by atoms with Crippen molar-refractivity contribution >= 4 is 20.8 Å². The van der Waals surface area contributed by atoms with E-state index in [9.17, 15) is 8.42 Å². The van der Waals surface area contributed by atoms with E-state index in [1.165, 1.54) is 4.31 Å². The Morgan fingerprint density at radius 3 is 2.40 bits per heavy atom. The molecular formula is C26H21NO2S. The molecule has 4 heteroatoms. The molecule has 0 saturated carbocycles. The second-order valence-corrected chi connectivity index (χ2v) is 8.64. The number of benzene rings is 3. The predicted octanol–water partition coefficient (Wildman–Crippen LogP) is 4.20. The van der Waals surface area contributed by atoms with Gasteiger partial charge in [0.25, 0.3) is 0 Å². The van der Waals surface area contributed by atoms with Gasteiger partial charge in [-0.2, -0.15) is 4.31 Å². The fourth-order valence-electron chi connectivity index (χ4n) is 2.95. The van der Waals surface area contributed by atoms with Crippen molar-refractivity contribution in [1.29, 1.82) is 0 Å². The normalized spacial score (nSPS) is 10.6. The second-order valence-electron chi connectivity index (χ2n) is 6.70. The van der Waals surface area contributed by atoms with E-state index < -0.39 is 10.0 Å². The van der Waals surface area contributed by atoms with Gasteiger partial charge < -0.3 is 0 Å². The lowest BCUT2D eigenvalue weighted by atomic mass is 10.0. The van der Waals surface area contributed by atoms with Crippen LogP contribution in [0.1, 0.15) is 23.6 Å². The summed E-state index contributed by atoms with van der Waals surface area (Å²) in [6.07, 6.45) is 5.52. The number of rotatable bonds is 4. The summed E-state index contributed by atoms with van der Waals surface area (Å²) in [4.78, 5) is 0.233. The second kappa shape index (κ2) is 9.34. The Labute approximate surface area is 178 Å². The summed E-state index contributed by atoms with van der Waals surface area (Å²) in [6, 6.07) is 18.4. The van der Waals surface area contributed by atoms with Crippen molar-refractivity contribution in [3.05, 3.63) is 77.4 Å². The summed E-state index contributed by atoms with van der Waals surface area (Å²) < 4.78 is 27.4. The summed E-state index contributed by atoms with van der Waals surface area (Å²) >= 11 is 0. The number of sulfonamides is 1. The van der Waals surface area contributed by atoms with Gasteiger partial charge >= 0.3 is 0 Å². The van der Waals surface area contributed by atoms with Gasteiger partial charge in [-0.1, -0.05) is 59.6 Å². The van der Waals surface area contributed by atoms with E-state index in [4.69, 9.17) is 6.42 Å². The van der Waals surface area contributed by atoms with Gasteiger partial charge in [0.1, 0.15) is 0 Å². The van der Waals surface area contributed by atoms with Crippen LogP contribution in [0.2, 0.25) is 0 Å². The van der Waals surface area contributed by atoms with Crippen molar-refractivity contribution in [2.75, 3.05) is 13.1 Å². The average molecular weight is 412 g/mol. The summed E-state index contributed by atoms with van der Waals surface area (Å²) in [5, 5.41) is 1.98. The molecule has 3 aromatic carbocycles. The lowest BCUT2D eigenvalue weighted by Gasteiger charge is -2.17. The maximum absolute atomic E-state index is 13.1. The Morgan fingerprint density at radius 2 is 1.70 bits per heavy atom. The van der Waals surface area contributed by atoms with Crippen molar-refractivity contribution in [1.82, 2.24) is 4.31 Å². The number of fused-ring (bicyclic) bond motifs is 1. The van der Waals surface area contributed by atoms with Crippen LogP contribution in [0.4, 0.5) is 0 Å². The molecule has 0 aromatic heterocycles. The Morgan fingerprint density at radius 1 is 0.967 bits per heavy atom. The van der Waals surface area contributed by atoms with E-state index >= 15 is 0 Å². The van der Waals surface area contributed by atoms with Gasteiger partial charge in [0.2, 0.25) is 10.0 Å². The van der Waals surface area contributed by atoms with Crippen LogP contribution in [0, 0.1) is 42.9 Å². The first-order valence-corrected chi connectivity index (χ1v) is 10.8. The van der Waals surface area contributed by atoms with Crippen LogP contribution in [0.15, 0.2) is 65.6 Å². The molecule has 0 bridgehead atoms. The van der Waals surface area contributed by atoms with E-state index in [2.05, 4.69) is 29.6 Å². The van der Waals surface area contributed by atoms with Crippen molar-refractivity contribution in [3.63, 3.8) is 0 Å². The molecular weight excluding hydrogens is 390 g/mol. The fourth-order valence-corrected chi connectivity index (χ4v) is 4.19. The molecule has 0 fully saturated rings. The van der Waals surface area contributed by atoms with Crippen molar-refractivity contribution < 1.29 is 8.42 Å². The zero-order valence-electron chi connectivity index (χ0n) is 16.9. The quantitative estimate of drug-likeness (QED) is 0.604. The maximum atomic E-state index is 13.1. The minimum Gasteiger partial charge on any atom is -0.207 e. The largest absolute Gasteiger partial charge is 0.244 e. The third-order valence-electron chi connectivity index (χ3n) is 4.62. The van der Waals surface area contributed by atoms with Crippen LogP contribution in [0.3, 0.4) is 0 Å². The van der Waals surface area contributed by atoms with Gasteiger partial charge in [0.05, 0.1) is 18.0 Å². The van der Waals surface area contributed by atoms with Crippen molar-refractivity contribution in [2.24, 2.45) is 0 Å². The van der Waals surface area contributed by atoms with Crippen LogP contribution in [0.5, 0.6) is 0 Å². The summed E-state index contributed by atoms with van der Waals surface area (Å²) in [5.41, 5.74) is 2.58. The average Bonchev–Trinajstić information content (AvgIpc) is 2.76. The summed E-state index contributed by atoms with van der Waals surface area (Å²) in [6.45, 7) is 3.72. The highest BCUT2D eigenvalue weighted by atomic mass is 32.2. The van der Waals surface area contributed by atoms with E-state index in [0.717, 1.165) is 27.5 Å². The number of nitrogens with zero attached hydrogens (tertiary/aromatic N) is 1. The number of terminal acetylenes is 1. The smallest absolute Gasteiger partial charge is 0.207 e. The fraction of sp³-hybridized carbons (Fsp3) is 0.154. The molecule has 0 saturated heterocycles. The molecule has 0 aliphatic rings. The van der Waals surface area contributed by atoms with Crippen LogP contribution < -0.4 is 0 Å². The van der Waals surface area contributed by atoms with Crippen LogP contribution in [-0.4, -0.2) is 25.8 Å². The zero-order chi connectivity index (χ0) is 21.6. The molecule has 0 heterocycles. The number of hydrogen-bond donors (Lipinski definition) is 0. The highest BCUT2D eigenvalue weighted by Crippen LogP contribution is 2.20. The molecule has 0 radical (unpaired) electrons. The topological polar surface area (TPSA) is 37.4 Å². The maximum Gasteiger partial charge on any atom is 0.244 e. The Balaban J connectivity index is 1.94. The summed E-state index contributed by atoms with van der Waals surface area (Å²) in [5.74, 6) is 14.3. The molecule has 0 aliphatic carbocycles. The Kier molecular flexibility index (Phi) is 6.61. The molecule has 0 aliphatic heterocycles. The molecule has 0 spiro atoms. The van der Waals surface area contributed by atoms with E-state index in [1.807, 2.05) is 43.3 Å². The van der Waals surface area contributed by atoms with Crippen molar-refractivity contribution in [3.8, 4) is 36.0 Å². The minimum absolute atomic E-state index is 0.0378. The minimum atomic E-state index is -3.70. The molecule has 0 unspecified atom stereocenters. The first-order valence-electron chi connectivity index (χ1n) is 9.40. The SMILES string of the molecule is C#Cc1ccc2cccc(C#CCN(CC#CC)S(=O)(=O)c3ccc(C)cc3)c2c1. The molecule has 3 nitrogen and oxygen atoms in total. The summed E-state index contributed by atoms with van der Waals surface area (Å²) in [7, 11) is -3.70. The van der Waals surface area contributed by atoms with Crippen molar-refractivity contribution in [2.45, 2.75) is 18.7 Å². The van der Waals surface area contributed by atoms with Crippen LogP contribution >= 0.6 is 0 Å². The monoisotopic (exact) mass is 411 g/mol. The highest BCUT2D eigenvalue weighted by Gasteiger charge is 2.22. The molecule has 0 atom stereocenters. The van der Waals surface area contributed by atoms with Gasteiger partial charge in [-0.05, 0) is 55.0 Å². The molecule has 0 N–H and O–H groups in total. The third kappa shape index (κ3) is 4.73. The first-order chi connectivity index (χ1) is 14.5. The number of hydrogen-bond acceptors (Lipinski definition) is 2. The first kappa shape index (κ1) is 21.2. The molecule has 30 heavy (non-hydrogen) atoms. The van der Waals surface area contributed by atoms with Crippen LogP contribution in [0.25, 0.3) is 10.8 Å². The lowest BCUT2D eigenvalue weighted by molar-refractivity contribution is 0.482. The van der Waals surface area contributed by atoms with E-state index in [1.54, 1.807) is 31.2 Å². The number of aryl methyl sites for hydroxylation is 1.